The first-order chi connectivity index (χ1) is 10.7. The highest BCUT2D eigenvalue weighted by molar-refractivity contribution is 6.08. The molecule has 0 amide bonds. The fraction of sp³-hybridized carbons (Fsp3) is 0.190. The molecule has 0 saturated heterocycles. The van der Waals surface area contributed by atoms with Crippen molar-refractivity contribution in [3.05, 3.63) is 76.9 Å². The average molecular weight is 290 g/mol. The van der Waals surface area contributed by atoms with Crippen molar-refractivity contribution in [2.45, 2.75) is 27.2 Å². The van der Waals surface area contributed by atoms with E-state index in [1.165, 1.54) is 16.7 Å². The zero-order valence-corrected chi connectivity index (χ0v) is 13.5. The molecule has 0 atom stereocenters. The normalized spacial score (nSPS) is 12.3. The zero-order valence-electron chi connectivity index (χ0n) is 13.5. The second-order valence-electron chi connectivity index (χ2n) is 5.33. The van der Waals surface area contributed by atoms with Crippen LogP contribution in [0.15, 0.2) is 54.6 Å². The first-order valence-corrected chi connectivity index (χ1v) is 7.68. The van der Waals surface area contributed by atoms with Crippen molar-refractivity contribution in [3.8, 4) is 0 Å². The van der Waals surface area contributed by atoms with Crippen LogP contribution in [-0.4, -0.2) is 6.29 Å². The minimum Gasteiger partial charge on any atom is -0.298 e. The van der Waals surface area contributed by atoms with E-state index in [0.717, 1.165) is 29.4 Å². The third kappa shape index (κ3) is 3.62. The van der Waals surface area contributed by atoms with E-state index in [2.05, 4.69) is 44.2 Å². The maximum atomic E-state index is 11.2. The number of carbonyl (C=O) groups is 1. The number of carbonyl (C=O) groups excluding carboxylic acids is 1. The molecule has 0 fully saturated rings. The van der Waals surface area contributed by atoms with Crippen LogP contribution in [0.3, 0.4) is 0 Å². The van der Waals surface area contributed by atoms with Gasteiger partial charge in [-0.05, 0) is 48.1 Å². The molecule has 2 aromatic carbocycles. The fourth-order valence-corrected chi connectivity index (χ4v) is 2.49. The van der Waals surface area contributed by atoms with Crippen LogP contribution < -0.4 is 0 Å². The summed E-state index contributed by atoms with van der Waals surface area (Å²) in [5.41, 5.74) is 6.51. The number of allylic oxidation sites excluding steroid dienone is 3. The summed E-state index contributed by atoms with van der Waals surface area (Å²) in [6.45, 7) is 6.15. The minimum atomic E-state index is 0.723. The Labute approximate surface area is 133 Å². The van der Waals surface area contributed by atoms with Crippen LogP contribution in [0.25, 0.3) is 17.2 Å². The highest BCUT2D eigenvalue weighted by atomic mass is 16.1. The molecular weight excluding hydrogens is 268 g/mol. The van der Waals surface area contributed by atoms with Gasteiger partial charge in [-0.1, -0.05) is 67.6 Å². The number of aryl methyl sites for hydroxylation is 1. The van der Waals surface area contributed by atoms with Crippen molar-refractivity contribution >= 4 is 23.5 Å². The van der Waals surface area contributed by atoms with Crippen molar-refractivity contribution in [2.75, 3.05) is 0 Å². The Morgan fingerprint density at radius 1 is 1.05 bits per heavy atom. The van der Waals surface area contributed by atoms with E-state index in [1.807, 2.05) is 37.3 Å². The second kappa shape index (κ2) is 7.56. The molecule has 0 aliphatic carbocycles. The van der Waals surface area contributed by atoms with E-state index in [4.69, 9.17) is 0 Å². The van der Waals surface area contributed by atoms with Gasteiger partial charge in [-0.15, -0.1) is 0 Å². The molecule has 0 bridgehead atoms. The molecule has 0 aromatic heterocycles. The lowest BCUT2D eigenvalue weighted by molar-refractivity contribution is -0.103. The molecule has 0 N–H and O–H groups in total. The SMILES string of the molecule is C/C=C(\C=O)c1ccccc1/C=C(\C)c1ccc(CC)cc1. The Hall–Kier alpha value is -2.41. The maximum absolute atomic E-state index is 11.2. The van der Waals surface area contributed by atoms with Crippen LogP contribution >= 0.6 is 0 Å². The predicted molar refractivity (Wildman–Crippen MR) is 95.5 cm³/mol. The lowest BCUT2D eigenvalue weighted by atomic mass is 9.96. The van der Waals surface area contributed by atoms with Crippen molar-refractivity contribution in [1.29, 1.82) is 0 Å². The monoisotopic (exact) mass is 290 g/mol. The Morgan fingerprint density at radius 3 is 2.32 bits per heavy atom. The highest BCUT2D eigenvalue weighted by Crippen LogP contribution is 2.24. The molecule has 0 saturated carbocycles. The summed E-state index contributed by atoms with van der Waals surface area (Å²) in [6, 6.07) is 16.6. The van der Waals surface area contributed by atoms with Gasteiger partial charge in [-0.3, -0.25) is 4.79 Å². The van der Waals surface area contributed by atoms with Gasteiger partial charge < -0.3 is 0 Å². The quantitative estimate of drug-likeness (QED) is 0.408. The molecule has 1 nitrogen and oxygen atoms in total. The first kappa shape index (κ1) is 16.0. The summed E-state index contributed by atoms with van der Waals surface area (Å²) in [5.74, 6) is 0. The largest absolute Gasteiger partial charge is 0.298 e. The van der Waals surface area contributed by atoms with Crippen LogP contribution in [-0.2, 0) is 11.2 Å². The first-order valence-electron chi connectivity index (χ1n) is 7.68. The lowest BCUT2D eigenvalue weighted by Crippen LogP contribution is -1.90. The summed E-state index contributed by atoms with van der Waals surface area (Å²) in [7, 11) is 0. The van der Waals surface area contributed by atoms with Gasteiger partial charge in [0.2, 0.25) is 0 Å². The maximum Gasteiger partial charge on any atom is 0.150 e. The summed E-state index contributed by atoms with van der Waals surface area (Å²) in [5, 5.41) is 0. The average Bonchev–Trinajstić information content (AvgIpc) is 2.57. The van der Waals surface area contributed by atoms with Gasteiger partial charge in [0.25, 0.3) is 0 Å². The molecule has 0 aliphatic heterocycles. The van der Waals surface area contributed by atoms with Gasteiger partial charge in [-0.25, -0.2) is 0 Å². The number of benzene rings is 2. The minimum absolute atomic E-state index is 0.723. The summed E-state index contributed by atoms with van der Waals surface area (Å²) in [6.07, 6.45) is 5.96. The predicted octanol–water partition coefficient (Wildman–Crippen LogP) is 5.41. The third-order valence-corrected chi connectivity index (χ3v) is 3.90. The Bertz CT molecular complexity index is 703. The van der Waals surface area contributed by atoms with E-state index >= 15 is 0 Å². The van der Waals surface area contributed by atoms with Crippen LogP contribution in [0.2, 0.25) is 0 Å². The molecule has 2 aromatic rings. The number of aldehydes is 1. The molecule has 112 valence electrons. The van der Waals surface area contributed by atoms with Crippen molar-refractivity contribution < 1.29 is 4.79 Å². The molecule has 1 heteroatoms. The van der Waals surface area contributed by atoms with Crippen LogP contribution in [0, 0.1) is 0 Å². The van der Waals surface area contributed by atoms with E-state index in [0.29, 0.717) is 0 Å². The highest BCUT2D eigenvalue weighted by Gasteiger charge is 2.05. The van der Waals surface area contributed by atoms with E-state index in [9.17, 15) is 4.79 Å². The zero-order chi connectivity index (χ0) is 15.9. The van der Waals surface area contributed by atoms with Gasteiger partial charge in [0.05, 0.1) is 0 Å². The topological polar surface area (TPSA) is 17.1 Å². The smallest absolute Gasteiger partial charge is 0.150 e. The Balaban J connectivity index is 2.41. The molecule has 2 rings (SSSR count). The van der Waals surface area contributed by atoms with Crippen molar-refractivity contribution in [3.63, 3.8) is 0 Å². The summed E-state index contributed by atoms with van der Waals surface area (Å²) in [4.78, 5) is 11.2. The molecule has 0 heterocycles. The van der Waals surface area contributed by atoms with Gasteiger partial charge in [0, 0.05) is 5.57 Å². The Kier molecular flexibility index (Phi) is 5.48. The number of hydrogen-bond acceptors (Lipinski definition) is 1. The van der Waals surface area contributed by atoms with E-state index in [1.54, 1.807) is 0 Å². The van der Waals surface area contributed by atoms with E-state index < -0.39 is 0 Å². The summed E-state index contributed by atoms with van der Waals surface area (Å²) >= 11 is 0. The molecule has 22 heavy (non-hydrogen) atoms. The summed E-state index contributed by atoms with van der Waals surface area (Å²) < 4.78 is 0. The standard InChI is InChI=1S/C21H22O/c1-4-17-10-12-19(13-11-17)16(3)14-20-8-6-7-9-21(20)18(5-2)15-22/h5-15H,4H2,1-3H3/b16-14+,18-5+. The van der Waals surface area contributed by atoms with Crippen molar-refractivity contribution in [1.82, 2.24) is 0 Å². The van der Waals surface area contributed by atoms with Gasteiger partial charge in [0.15, 0.2) is 0 Å². The molecule has 0 aliphatic rings. The number of hydrogen-bond donors (Lipinski definition) is 0. The fourth-order valence-electron chi connectivity index (χ4n) is 2.49. The van der Waals surface area contributed by atoms with Gasteiger partial charge in [-0.2, -0.15) is 0 Å². The third-order valence-electron chi connectivity index (χ3n) is 3.90. The van der Waals surface area contributed by atoms with Gasteiger partial charge >= 0.3 is 0 Å². The molecule has 0 spiro atoms. The Morgan fingerprint density at radius 2 is 1.73 bits per heavy atom. The molecule has 0 radical (unpaired) electrons. The van der Waals surface area contributed by atoms with Crippen LogP contribution in [0.1, 0.15) is 43.0 Å². The van der Waals surface area contributed by atoms with E-state index in [-0.39, 0.29) is 0 Å². The lowest BCUT2D eigenvalue weighted by Gasteiger charge is -2.08. The van der Waals surface area contributed by atoms with Crippen molar-refractivity contribution in [2.24, 2.45) is 0 Å². The van der Waals surface area contributed by atoms with Crippen LogP contribution in [0.5, 0.6) is 0 Å². The number of rotatable bonds is 5. The molecule has 0 unspecified atom stereocenters. The molecular formula is C21H22O. The van der Waals surface area contributed by atoms with Gasteiger partial charge in [0.1, 0.15) is 6.29 Å². The second-order valence-corrected chi connectivity index (χ2v) is 5.33. The van der Waals surface area contributed by atoms with Crippen LogP contribution in [0.4, 0.5) is 0 Å².